The summed E-state index contributed by atoms with van der Waals surface area (Å²) >= 11 is 0. The number of carbonyl (C=O) groups is 2. The van der Waals surface area contributed by atoms with Gasteiger partial charge in [0, 0.05) is 0 Å². The van der Waals surface area contributed by atoms with Gasteiger partial charge in [0.25, 0.3) is 0 Å². The number of Topliss-reactive ketones (excluding diaryl/α,β-unsaturated/α-hetero) is 1. The van der Waals surface area contributed by atoms with Crippen LogP contribution in [0.4, 0.5) is 0 Å². The molecular weight excluding hydrogens is 332 g/mol. The third kappa shape index (κ3) is 4.77. The van der Waals surface area contributed by atoms with E-state index in [4.69, 9.17) is 14.2 Å². The SMILES string of the molecule is CCCCOC(=O)C(C(=O)c1c(OC)cccc1OC)C1CCCCC1. The number of hydrogen-bond donors (Lipinski definition) is 0. The van der Waals surface area contributed by atoms with Crippen molar-refractivity contribution < 1.29 is 23.8 Å². The Bertz CT molecular complexity index is 582. The van der Waals surface area contributed by atoms with Gasteiger partial charge in [0.1, 0.15) is 23.0 Å². The second-order valence-electron chi connectivity index (χ2n) is 6.80. The lowest BCUT2D eigenvalue weighted by atomic mass is 9.76. The molecule has 0 aliphatic heterocycles. The molecule has 1 fully saturated rings. The molecule has 2 rings (SSSR count). The van der Waals surface area contributed by atoms with Crippen molar-refractivity contribution >= 4 is 11.8 Å². The van der Waals surface area contributed by atoms with Crippen LogP contribution in [0.25, 0.3) is 0 Å². The van der Waals surface area contributed by atoms with Gasteiger partial charge in [-0.1, -0.05) is 38.7 Å². The summed E-state index contributed by atoms with van der Waals surface area (Å²) in [6.45, 7) is 2.40. The van der Waals surface area contributed by atoms with Crippen LogP contribution in [-0.2, 0) is 9.53 Å². The monoisotopic (exact) mass is 362 g/mol. The summed E-state index contributed by atoms with van der Waals surface area (Å²) in [6.07, 6.45) is 6.72. The van der Waals surface area contributed by atoms with E-state index in [1.54, 1.807) is 18.2 Å². The summed E-state index contributed by atoms with van der Waals surface area (Å²) in [7, 11) is 3.03. The van der Waals surface area contributed by atoms with Gasteiger partial charge in [-0.2, -0.15) is 0 Å². The van der Waals surface area contributed by atoms with E-state index >= 15 is 0 Å². The molecule has 26 heavy (non-hydrogen) atoms. The molecule has 1 atom stereocenters. The first kappa shape index (κ1) is 20.3. The minimum absolute atomic E-state index is 0.0139. The van der Waals surface area contributed by atoms with Gasteiger partial charge in [-0.15, -0.1) is 0 Å². The molecule has 0 saturated heterocycles. The molecule has 1 aromatic carbocycles. The van der Waals surface area contributed by atoms with Crippen molar-refractivity contribution in [2.75, 3.05) is 20.8 Å². The van der Waals surface area contributed by atoms with Crippen LogP contribution in [0.5, 0.6) is 11.5 Å². The van der Waals surface area contributed by atoms with Gasteiger partial charge in [0.05, 0.1) is 20.8 Å². The third-order valence-electron chi connectivity index (χ3n) is 5.07. The van der Waals surface area contributed by atoms with E-state index in [0.29, 0.717) is 23.7 Å². The Labute approximate surface area is 156 Å². The van der Waals surface area contributed by atoms with E-state index in [1.165, 1.54) is 14.2 Å². The maximum atomic E-state index is 13.4. The van der Waals surface area contributed by atoms with Crippen LogP contribution in [0, 0.1) is 11.8 Å². The minimum atomic E-state index is -0.794. The van der Waals surface area contributed by atoms with E-state index in [-0.39, 0.29) is 11.7 Å². The second-order valence-corrected chi connectivity index (χ2v) is 6.80. The largest absolute Gasteiger partial charge is 0.496 e. The second kappa shape index (κ2) is 10.2. The molecule has 0 radical (unpaired) electrons. The van der Waals surface area contributed by atoms with E-state index in [2.05, 4.69) is 0 Å². The fourth-order valence-corrected chi connectivity index (χ4v) is 3.64. The highest BCUT2D eigenvalue weighted by atomic mass is 16.5. The minimum Gasteiger partial charge on any atom is -0.496 e. The summed E-state index contributed by atoms with van der Waals surface area (Å²) < 4.78 is 16.2. The van der Waals surface area contributed by atoms with E-state index in [1.807, 2.05) is 6.92 Å². The van der Waals surface area contributed by atoms with Crippen LogP contribution >= 0.6 is 0 Å². The van der Waals surface area contributed by atoms with Crippen LogP contribution in [-0.4, -0.2) is 32.6 Å². The highest BCUT2D eigenvalue weighted by Gasteiger charge is 2.39. The summed E-state index contributed by atoms with van der Waals surface area (Å²) in [5.74, 6) is -0.596. The maximum absolute atomic E-state index is 13.4. The number of rotatable bonds is 9. The molecular formula is C21H30O5. The fourth-order valence-electron chi connectivity index (χ4n) is 3.64. The highest BCUT2D eigenvalue weighted by Crippen LogP contribution is 2.37. The highest BCUT2D eigenvalue weighted by molar-refractivity contribution is 6.11. The Morgan fingerprint density at radius 3 is 2.23 bits per heavy atom. The Morgan fingerprint density at radius 1 is 1.08 bits per heavy atom. The zero-order chi connectivity index (χ0) is 18.9. The van der Waals surface area contributed by atoms with E-state index in [0.717, 1.165) is 44.9 Å². The van der Waals surface area contributed by atoms with Crippen LogP contribution < -0.4 is 9.47 Å². The van der Waals surface area contributed by atoms with Crippen LogP contribution in [0.15, 0.2) is 18.2 Å². The molecule has 1 aliphatic carbocycles. The predicted molar refractivity (Wildman–Crippen MR) is 99.8 cm³/mol. The van der Waals surface area contributed by atoms with Crippen LogP contribution in [0.2, 0.25) is 0 Å². The molecule has 0 bridgehead atoms. The Balaban J connectivity index is 2.34. The lowest BCUT2D eigenvalue weighted by Crippen LogP contribution is -2.35. The first-order valence-electron chi connectivity index (χ1n) is 9.55. The van der Waals surface area contributed by atoms with Crippen molar-refractivity contribution in [2.24, 2.45) is 11.8 Å². The summed E-state index contributed by atoms with van der Waals surface area (Å²) in [5.41, 5.74) is 0.334. The Kier molecular flexibility index (Phi) is 7.95. The van der Waals surface area contributed by atoms with Gasteiger partial charge < -0.3 is 14.2 Å². The summed E-state index contributed by atoms with van der Waals surface area (Å²) in [5, 5.41) is 0. The lowest BCUT2D eigenvalue weighted by molar-refractivity contribution is -0.148. The number of methoxy groups -OCH3 is 2. The molecule has 0 heterocycles. The molecule has 144 valence electrons. The topological polar surface area (TPSA) is 61.8 Å². The van der Waals surface area contributed by atoms with Crippen molar-refractivity contribution in [3.63, 3.8) is 0 Å². The first-order valence-corrected chi connectivity index (χ1v) is 9.55. The molecule has 1 unspecified atom stereocenters. The number of carbonyl (C=O) groups excluding carboxylic acids is 2. The smallest absolute Gasteiger partial charge is 0.317 e. The molecule has 1 aromatic rings. The van der Waals surface area contributed by atoms with Crippen molar-refractivity contribution in [2.45, 2.75) is 51.9 Å². The molecule has 0 aromatic heterocycles. The lowest BCUT2D eigenvalue weighted by Gasteiger charge is -2.28. The molecule has 1 saturated carbocycles. The maximum Gasteiger partial charge on any atom is 0.317 e. The van der Waals surface area contributed by atoms with Gasteiger partial charge in [-0.25, -0.2) is 0 Å². The predicted octanol–water partition coefficient (Wildman–Crippen LogP) is 4.43. The first-order chi connectivity index (χ1) is 12.6. The normalized spacial score (nSPS) is 16.0. The molecule has 1 aliphatic rings. The average Bonchev–Trinajstić information content (AvgIpc) is 2.68. The molecule has 5 nitrogen and oxygen atoms in total. The zero-order valence-electron chi connectivity index (χ0n) is 16.1. The average molecular weight is 362 g/mol. The summed E-state index contributed by atoms with van der Waals surface area (Å²) in [6, 6.07) is 5.20. The summed E-state index contributed by atoms with van der Waals surface area (Å²) in [4.78, 5) is 26.2. The number of benzene rings is 1. The molecule has 0 spiro atoms. The van der Waals surface area contributed by atoms with E-state index in [9.17, 15) is 9.59 Å². The van der Waals surface area contributed by atoms with Gasteiger partial charge >= 0.3 is 5.97 Å². The zero-order valence-corrected chi connectivity index (χ0v) is 16.1. The van der Waals surface area contributed by atoms with Crippen LogP contribution in [0.1, 0.15) is 62.2 Å². The number of ketones is 1. The Hall–Kier alpha value is -2.04. The quantitative estimate of drug-likeness (QED) is 0.281. The van der Waals surface area contributed by atoms with Gasteiger partial charge in [-0.3, -0.25) is 9.59 Å². The standard InChI is InChI=1S/C21H30O5/c1-4-5-14-26-21(23)18(15-10-7-6-8-11-15)20(22)19-16(24-2)12-9-13-17(19)25-3/h9,12-13,15,18H,4-8,10-11,14H2,1-3H3. The van der Waals surface area contributed by atoms with Gasteiger partial charge in [-0.05, 0) is 37.3 Å². The van der Waals surface area contributed by atoms with Crippen molar-refractivity contribution in [1.29, 1.82) is 0 Å². The van der Waals surface area contributed by atoms with Crippen LogP contribution in [0.3, 0.4) is 0 Å². The van der Waals surface area contributed by atoms with Crippen molar-refractivity contribution in [3.05, 3.63) is 23.8 Å². The third-order valence-corrected chi connectivity index (χ3v) is 5.07. The molecule has 0 amide bonds. The van der Waals surface area contributed by atoms with E-state index < -0.39 is 11.9 Å². The number of ether oxygens (including phenoxy) is 3. The van der Waals surface area contributed by atoms with Crippen molar-refractivity contribution in [1.82, 2.24) is 0 Å². The number of unbranched alkanes of at least 4 members (excludes halogenated alkanes) is 1. The molecule has 0 N–H and O–H groups in total. The number of esters is 1. The number of hydrogen-bond acceptors (Lipinski definition) is 5. The van der Waals surface area contributed by atoms with Gasteiger partial charge in [0.15, 0.2) is 5.78 Å². The Morgan fingerprint density at radius 2 is 1.69 bits per heavy atom. The van der Waals surface area contributed by atoms with Gasteiger partial charge in [0.2, 0.25) is 0 Å². The fraction of sp³-hybridized carbons (Fsp3) is 0.619. The van der Waals surface area contributed by atoms with Crippen molar-refractivity contribution in [3.8, 4) is 11.5 Å². The molecule has 5 heteroatoms.